The number of aromatic nitrogens is 2. The minimum atomic E-state index is -0.161. The van der Waals surface area contributed by atoms with Gasteiger partial charge < -0.3 is 14.4 Å². The molecule has 35 heavy (non-hydrogen) atoms. The molecule has 1 atom stereocenters. The van der Waals surface area contributed by atoms with E-state index in [1.54, 1.807) is 12.4 Å². The largest absolute Gasteiger partial charge is 0.360 e. The molecule has 6 nitrogen and oxygen atoms in total. The molecule has 0 N–H and O–H groups in total. The second-order valence-electron chi connectivity index (χ2n) is 10.5. The fourth-order valence-electron chi connectivity index (χ4n) is 5.56. The van der Waals surface area contributed by atoms with Crippen molar-refractivity contribution in [2.75, 3.05) is 39.3 Å². The summed E-state index contributed by atoms with van der Waals surface area (Å²) in [5.41, 5.74) is 2.62. The van der Waals surface area contributed by atoms with Crippen LogP contribution in [0.2, 0.25) is 0 Å². The van der Waals surface area contributed by atoms with E-state index in [9.17, 15) is 4.39 Å². The molecule has 188 valence electrons. The molecule has 3 aliphatic rings. The topological polar surface area (TPSA) is 49.0 Å². The van der Waals surface area contributed by atoms with E-state index in [0.29, 0.717) is 17.4 Å². The quantitative estimate of drug-likeness (QED) is 0.599. The maximum Gasteiger partial charge on any atom is 0.126 e. The van der Waals surface area contributed by atoms with Gasteiger partial charge in [0.1, 0.15) is 23.8 Å². The van der Waals surface area contributed by atoms with Crippen molar-refractivity contribution in [1.29, 1.82) is 0 Å². The predicted molar refractivity (Wildman–Crippen MR) is 141 cm³/mol. The standard InChI is InChI=1S/C28H39FN6/c1-21-6-3-4-11-30-20-31-27(21)34-14-9-23(10-15-34)28-32-26(24-7-8-25(29)22(2)18-24)19-35(28)17-16-33-12-5-13-33/h7-8,18-21,23H,3-6,9-17H2,1-2H3. The lowest BCUT2D eigenvalue weighted by atomic mass is 9.93. The number of aryl methyl sites for hydroxylation is 1. The van der Waals surface area contributed by atoms with Crippen LogP contribution >= 0.6 is 0 Å². The van der Waals surface area contributed by atoms with Gasteiger partial charge in [0.15, 0.2) is 0 Å². The highest BCUT2D eigenvalue weighted by Gasteiger charge is 2.28. The molecule has 2 aromatic rings. The number of aliphatic imine (C=N–C) groups is 2. The summed E-state index contributed by atoms with van der Waals surface area (Å²) >= 11 is 0. The van der Waals surface area contributed by atoms with E-state index >= 15 is 0 Å². The van der Waals surface area contributed by atoms with E-state index in [2.05, 4.69) is 32.5 Å². The summed E-state index contributed by atoms with van der Waals surface area (Å²) in [5, 5.41) is 0. The Morgan fingerprint density at radius 1 is 1.00 bits per heavy atom. The zero-order chi connectivity index (χ0) is 24.2. The first-order chi connectivity index (χ1) is 17.1. The number of piperidine rings is 1. The van der Waals surface area contributed by atoms with E-state index < -0.39 is 0 Å². The summed E-state index contributed by atoms with van der Waals surface area (Å²) in [6.45, 7) is 11.5. The fourth-order valence-corrected chi connectivity index (χ4v) is 5.56. The van der Waals surface area contributed by atoms with Crippen LogP contribution in [0.4, 0.5) is 4.39 Å². The Morgan fingerprint density at radius 3 is 2.57 bits per heavy atom. The zero-order valence-electron chi connectivity index (χ0n) is 21.3. The molecule has 4 heterocycles. The molecule has 1 aromatic heterocycles. The van der Waals surface area contributed by atoms with E-state index in [1.165, 1.54) is 44.0 Å². The summed E-state index contributed by atoms with van der Waals surface area (Å²) in [6.07, 6.45) is 11.0. The molecule has 0 aliphatic carbocycles. The summed E-state index contributed by atoms with van der Waals surface area (Å²) < 4.78 is 16.3. The van der Waals surface area contributed by atoms with Crippen molar-refractivity contribution >= 4 is 12.2 Å². The maximum atomic E-state index is 13.9. The van der Waals surface area contributed by atoms with E-state index in [1.807, 2.05) is 19.1 Å². The number of rotatable bonds is 5. The molecule has 2 saturated heterocycles. The van der Waals surface area contributed by atoms with Gasteiger partial charge in [-0.2, -0.15) is 0 Å². The van der Waals surface area contributed by atoms with Crippen molar-refractivity contribution in [3.05, 3.63) is 41.6 Å². The zero-order valence-corrected chi connectivity index (χ0v) is 21.3. The SMILES string of the molecule is Cc1cc(-c2cn(CCN3CCC3)c(C3CCN(C4=NC=NCCCCC4C)CC3)n2)ccc1F. The van der Waals surface area contributed by atoms with Crippen molar-refractivity contribution in [2.24, 2.45) is 15.9 Å². The predicted octanol–water partition coefficient (Wildman–Crippen LogP) is 5.13. The number of amidine groups is 1. The lowest BCUT2D eigenvalue weighted by molar-refractivity contribution is 0.173. The van der Waals surface area contributed by atoms with Gasteiger partial charge >= 0.3 is 0 Å². The van der Waals surface area contributed by atoms with Crippen LogP contribution in [0.25, 0.3) is 11.3 Å². The Balaban J connectivity index is 1.33. The third-order valence-electron chi connectivity index (χ3n) is 7.94. The molecule has 7 heteroatoms. The van der Waals surface area contributed by atoms with E-state index in [0.717, 1.165) is 63.2 Å². The Morgan fingerprint density at radius 2 is 1.83 bits per heavy atom. The Hall–Kier alpha value is -2.54. The average Bonchev–Trinajstić information content (AvgIpc) is 3.29. The molecule has 3 aliphatic heterocycles. The first kappa shape index (κ1) is 24.2. The van der Waals surface area contributed by atoms with Crippen LogP contribution in [0.15, 0.2) is 34.4 Å². The first-order valence-corrected chi connectivity index (χ1v) is 13.5. The number of hydrogen-bond acceptors (Lipinski definition) is 5. The van der Waals surface area contributed by atoms with Gasteiger partial charge in [0.2, 0.25) is 0 Å². The van der Waals surface area contributed by atoms with Gasteiger partial charge in [-0.15, -0.1) is 0 Å². The third-order valence-corrected chi connectivity index (χ3v) is 7.94. The number of imidazole rings is 1. The van der Waals surface area contributed by atoms with Crippen LogP contribution in [0, 0.1) is 18.7 Å². The van der Waals surface area contributed by atoms with Gasteiger partial charge in [0.25, 0.3) is 0 Å². The van der Waals surface area contributed by atoms with E-state index in [4.69, 9.17) is 9.98 Å². The molecule has 0 spiro atoms. The van der Waals surface area contributed by atoms with E-state index in [-0.39, 0.29) is 5.82 Å². The molecule has 5 rings (SSSR count). The summed E-state index contributed by atoms with van der Waals surface area (Å²) in [7, 11) is 0. The number of likely N-dealkylation sites (tertiary alicyclic amines) is 2. The van der Waals surface area contributed by atoms with Crippen LogP contribution in [0.1, 0.15) is 62.8 Å². The number of nitrogens with zero attached hydrogens (tertiary/aromatic N) is 6. The summed E-state index contributed by atoms with van der Waals surface area (Å²) in [6, 6.07) is 5.33. The van der Waals surface area contributed by atoms with Crippen molar-refractivity contribution in [1.82, 2.24) is 19.4 Å². The Bertz CT molecular complexity index is 1060. The van der Waals surface area contributed by atoms with Gasteiger partial charge in [-0.1, -0.05) is 13.3 Å². The molecule has 0 saturated carbocycles. The normalized spacial score (nSPS) is 22.3. The highest BCUT2D eigenvalue weighted by Crippen LogP contribution is 2.32. The van der Waals surface area contributed by atoms with Crippen molar-refractivity contribution < 1.29 is 4.39 Å². The second-order valence-corrected chi connectivity index (χ2v) is 10.5. The number of halogens is 1. The van der Waals surface area contributed by atoms with Gasteiger partial charge in [0.05, 0.1) is 5.69 Å². The second kappa shape index (κ2) is 11.0. The highest BCUT2D eigenvalue weighted by atomic mass is 19.1. The van der Waals surface area contributed by atoms with Crippen LogP contribution in [-0.2, 0) is 6.54 Å². The van der Waals surface area contributed by atoms with Crippen LogP contribution in [0.5, 0.6) is 0 Å². The summed E-state index contributed by atoms with van der Waals surface area (Å²) in [4.78, 5) is 19.4. The third kappa shape index (κ3) is 5.66. The Kier molecular flexibility index (Phi) is 7.61. The van der Waals surface area contributed by atoms with Crippen LogP contribution < -0.4 is 0 Å². The summed E-state index contributed by atoms with van der Waals surface area (Å²) in [5.74, 6) is 3.14. The van der Waals surface area contributed by atoms with Crippen LogP contribution in [0.3, 0.4) is 0 Å². The van der Waals surface area contributed by atoms with Gasteiger partial charge in [-0.05, 0) is 75.9 Å². The van der Waals surface area contributed by atoms with Gasteiger partial charge in [-0.25, -0.2) is 14.4 Å². The monoisotopic (exact) mass is 478 g/mol. The first-order valence-electron chi connectivity index (χ1n) is 13.5. The van der Waals surface area contributed by atoms with Crippen molar-refractivity contribution in [3.63, 3.8) is 0 Å². The van der Waals surface area contributed by atoms with Gasteiger partial charge in [0, 0.05) is 56.3 Å². The molecule has 1 unspecified atom stereocenters. The fraction of sp³-hybridized carbons (Fsp3) is 0.607. The molecule has 2 fully saturated rings. The molecule has 0 bridgehead atoms. The maximum absolute atomic E-state index is 13.9. The minimum Gasteiger partial charge on any atom is -0.360 e. The smallest absolute Gasteiger partial charge is 0.126 e. The minimum absolute atomic E-state index is 0.161. The molecule has 0 amide bonds. The number of hydrogen-bond donors (Lipinski definition) is 0. The molecule has 0 radical (unpaired) electrons. The molecule has 1 aromatic carbocycles. The van der Waals surface area contributed by atoms with Crippen molar-refractivity contribution in [3.8, 4) is 11.3 Å². The lowest BCUT2D eigenvalue weighted by Gasteiger charge is -2.36. The van der Waals surface area contributed by atoms with Crippen molar-refractivity contribution in [2.45, 2.75) is 64.8 Å². The van der Waals surface area contributed by atoms with Crippen LogP contribution in [-0.4, -0.2) is 70.8 Å². The molecular weight excluding hydrogens is 439 g/mol. The Labute approximate surface area is 209 Å². The average molecular weight is 479 g/mol. The number of benzene rings is 1. The molecular formula is C28H39FN6. The van der Waals surface area contributed by atoms with Gasteiger partial charge in [-0.3, -0.25) is 4.99 Å². The lowest BCUT2D eigenvalue weighted by Crippen LogP contribution is -2.41. The highest BCUT2D eigenvalue weighted by molar-refractivity contribution is 5.90.